The van der Waals surface area contributed by atoms with Crippen molar-refractivity contribution in [2.24, 2.45) is 0 Å². The van der Waals surface area contributed by atoms with Gasteiger partial charge < -0.3 is 9.47 Å². The summed E-state index contributed by atoms with van der Waals surface area (Å²) in [6.45, 7) is -0.0497. The number of methoxy groups -OCH3 is 1. The van der Waals surface area contributed by atoms with Crippen molar-refractivity contribution in [2.75, 3.05) is 25.4 Å². The maximum Gasteiger partial charge on any atom is 0.163 e. The third-order valence-corrected chi connectivity index (χ3v) is 3.45. The molecule has 0 radical (unpaired) electrons. The minimum Gasteiger partial charge on any atom is -0.359 e. The Morgan fingerprint density at radius 3 is 2.85 bits per heavy atom. The first-order chi connectivity index (χ1) is 6.05. The molecule has 1 fully saturated rings. The van der Waals surface area contributed by atoms with Gasteiger partial charge in [0.05, 0.1) is 11.5 Å². The van der Waals surface area contributed by atoms with Crippen LogP contribution in [0.15, 0.2) is 0 Å². The number of hydrogen-bond donors (Lipinski definition) is 0. The molecule has 0 aliphatic carbocycles. The van der Waals surface area contributed by atoms with Gasteiger partial charge in [-0.2, -0.15) is 0 Å². The topological polar surface area (TPSA) is 69.7 Å². The summed E-state index contributed by atoms with van der Waals surface area (Å²) >= 11 is 0. The van der Waals surface area contributed by atoms with Crippen LogP contribution < -0.4 is 0 Å². The summed E-state index contributed by atoms with van der Waals surface area (Å²) in [4.78, 5) is 11.1. The molecule has 5 nitrogen and oxygen atoms in total. The summed E-state index contributed by atoms with van der Waals surface area (Å²) in [5.41, 5.74) is 0. The summed E-state index contributed by atoms with van der Waals surface area (Å²) in [6, 6.07) is 0. The number of carbonyl (C=O) groups is 1. The van der Waals surface area contributed by atoms with Crippen LogP contribution in [0, 0.1) is 0 Å². The van der Waals surface area contributed by atoms with Gasteiger partial charge in [-0.15, -0.1) is 0 Å². The number of ether oxygens (including phenoxy) is 2. The maximum atomic E-state index is 11.1. The summed E-state index contributed by atoms with van der Waals surface area (Å²) < 4.78 is 31.7. The highest BCUT2D eigenvalue weighted by atomic mass is 32.2. The summed E-state index contributed by atoms with van der Waals surface area (Å²) in [7, 11) is -1.68. The molecule has 1 rings (SSSR count). The van der Waals surface area contributed by atoms with E-state index in [4.69, 9.17) is 4.74 Å². The van der Waals surface area contributed by atoms with Crippen molar-refractivity contribution in [3.05, 3.63) is 0 Å². The van der Waals surface area contributed by atoms with Crippen LogP contribution in [0.1, 0.15) is 6.42 Å². The molecule has 76 valence electrons. The lowest BCUT2D eigenvalue weighted by Gasteiger charge is -2.20. The Balaban J connectivity index is 2.56. The Labute approximate surface area is 76.9 Å². The van der Waals surface area contributed by atoms with Gasteiger partial charge in [0.2, 0.25) is 0 Å². The van der Waals surface area contributed by atoms with Gasteiger partial charge in [-0.3, -0.25) is 4.79 Å². The molecule has 0 aromatic carbocycles. The predicted octanol–water partition coefficient (Wildman–Crippen LogP) is -0.637. The van der Waals surface area contributed by atoms with E-state index < -0.39 is 15.9 Å². The number of hydrogen-bond acceptors (Lipinski definition) is 5. The molecule has 1 unspecified atom stereocenters. The summed E-state index contributed by atoms with van der Waals surface area (Å²) in [5.74, 6) is -0.430. The minimum absolute atomic E-state index is 0.0497. The third-order valence-electron chi connectivity index (χ3n) is 1.81. The van der Waals surface area contributed by atoms with Crippen molar-refractivity contribution < 1.29 is 22.7 Å². The first-order valence-electron chi connectivity index (χ1n) is 3.89. The average molecular weight is 208 g/mol. The van der Waals surface area contributed by atoms with Crippen LogP contribution in [-0.4, -0.2) is 45.7 Å². The van der Waals surface area contributed by atoms with Crippen LogP contribution >= 0.6 is 0 Å². The molecule has 0 aromatic rings. The van der Waals surface area contributed by atoms with Gasteiger partial charge in [-0.1, -0.05) is 0 Å². The van der Waals surface area contributed by atoms with E-state index in [1.165, 1.54) is 7.11 Å². The number of carbonyl (C=O) groups excluding carboxylic acids is 1. The molecular weight excluding hydrogens is 196 g/mol. The average Bonchev–Trinajstić information content (AvgIpc) is 2.07. The van der Waals surface area contributed by atoms with Crippen LogP contribution in [0.2, 0.25) is 0 Å². The van der Waals surface area contributed by atoms with Crippen molar-refractivity contribution in [2.45, 2.75) is 12.5 Å². The standard InChI is InChI=1S/C7H12O5S/c1-11-5-12-7-4-13(9,10)3-2-6(7)8/h7H,2-5H2,1H3. The highest BCUT2D eigenvalue weighted by molar-refractivity contribution is 7.91. The zero-order valence-corrected chi connectivity index (χ0v) is 8.17. The number of rotatable bonds is 3. The predicted molar refractivity (Wildman–Crippen MR) is 45.0 cm³/mol. The molecule has 0 spiro atoms. The van der Waals surface area contributed by atoms with E-state index in [2.05, 4.69) is 4.74 Å². The van der Waals surface area contributed by atoms with E-state index in [1.54, 1.807) is 0 Å². The second-order valence-electron chi connectivity index (χ2n) is 2.89. The van der Waals surface area contributed by atoms with Gasteiger partial charge in [0.25, 0.3) is 0 Å². The third kappa shape index (κ3) is 3.06. The van der Waals surface area contributed by atoms with Gasteiger partial charge in [-0.25, -0.2) is 8.42 Å². The van der Waals surface area contributed by atoms with Crippen molar-refractivity contribution in [1.82, 2.24) is 0 Å². The van der Waals surface area contributed by atoms with Crippen molar-refractivity contribution in [3.63, 3.8) is 0 Å². The Morgan fingerprint density at radius 2 is 2.23 bits per heavy atom. The van der Waals surface area contributed by atoms with Crippen LogP contribution in [0.3, 0.4) is 0 Å². The number of Topliss-reactive ketones (excluding diaryl/α,β-unsaturated/α-hetero) is 1. The molecular formula is C7H12O5S. The Morgan fingerprint density at radius 1 is 1.54 bits per heavy atom. The highest BCUT2D eigenvalue weighted by Crippen LogP contribution is 2.11. The zero-order chi connectivity index (χ0) is 9.90. The van der Waals surface area contributed by atoms with E-state index in [-0.39, 0.29) is 30.5 Å². The van der Waals surface area contributed by atoms with Crippen molar-refractivity contribution in [1.29, 1.82) is 0 Å². The van der Waals surface area contributed by atoms with Gasteiger partial charge >= 0.3 is 0 Å². The zero-order valence-electron chi connectivity index (χ0n) is 7.36. The second-order valence-corrected chi connectivity index (χ2v) is 5.12. The fraction of sp³-hybridized carbons (Fsp3) is 0.857. The Hall–Kier alpha value is -0.460. The van der Waals surface area contributed by atoms with E-state index in [0.717, 1.165) is 0 Å². The van der Waals surface area contributed by atoms with Crippen molar-refractivity contribution >= 4 is 15.6 Å². The summed E-state index contributed by atoms with van der Waals surface area (Å²) in [5, 5.41) is 0. The largest absolute Gasteiger partial charge is 0.359 e. The number of ketones is 1. The Kier molecular flexibility index (Phi) is 3.40. The first-order valence-corrected chi connectivity index (χ1v) is 5.71. The smallest absolute Gasteiger partial charge is 0.163 e. The SMILES string of the molecule is COCOC1CS(=O)(=O)CCC1=O. The van der Waals surface area contributed by atoms with Crippen molar-refractivity contribution in [3.8, 4) is 0 Å². The fourth-order valence-electron chi connectivity index (χ4n) is 1.12. The molecule has 1 atom stereocenters. The maximum absolute atomic E-state index is 11.1. The van der Waals surface area contributed by atoms with Crippen LogP contribution in [0.25, 0.3) is 0 Å². The molecule has 1 aliphatic rings. The van der Waals surface area contributed by atoms with E-state index >= 15 is 0 Å². The summed E-state index contributed by atoms with van der Waals surface area (Å²) in [6.07, 6.45) is -0.782. The minimum atomic E-state index is -3.10. The molecule has 6 heteroatoms. The molecule has 0 bridgehead atoms. The Bertz CT molecular complexity index is 281. The number of sulfone groups is 1. The fourth-order valence-corrected chi connectivity index (χ4v) is 2.54. The van der Waals surface area contributed by atoms with Crippen LogP contribution in [0.5, 0.6) is 0 Å². The lowest BCUT2D eigenvalue weighted by molar-refractivity contribution is -0.137. The van der Waals surface area contributed by atoms with Gasteiger partial charge in [0, 0.05) is 13.5 Å². The monoisotopic (exact) mass is 208 g/mol. The molecule has 1 saturated heterocycles. The lowest BCUT2D eigenvalue weighted by Crippen LogP contribution is -2.39. The molecule has 13 heavy (non-hydrogen) atoms. The van der Waals surface area contributed by atoms with Crippen LogP contribution in [0.4, 0.5) is 0 Å². The normalized spacial score (nSPS) is 27.5. The van der Waals surface area contributed by atoms with Gasteiger partial charge in [0.1, 0.15) is 12.9 Å². The van der Waals surface area contributed by atoms with Gasteiger partial charge in [0.15, 0.2) is 15.6 Å². The van der Waals surface area contributed by atoms with E-state index in [0.29, 0.717) is 0 Å². The molecule has 1 aliphatic heterocycles. The van der Waals surface area contributed by atoms with Gasteiger partial charge in [-0.05, 0) is 0 Å². The van der Waals surface area contributed by atoms with Crippen LogP contribution in [-0.2, 0) is 24.1 Å². The molecule has 0 saturated carbocycles. The molecule has 1 heterocycles. The van der Waals surface area contributed by atoms with E-state index in [1.807, 2.05) is 0 Å². The lowest BCUT2D eigenvalue weighted by atomic mass is 10.2. The molecule has 0 amide bonds. The molecule has 0 aromatic heterocycles. The first kappa shape index (κ1) is 10.6. The highest BCUT2D eigenvalue weighted by Gasteiger charge is 2.31. The molecule has 0 N–H and O–H groups in total. The van der Waals surface area contributed by atoms with E-state index in [9.17, 15) is 13.2 Å². The second kappa shape index (κ2) is 4.17. The quantitative estimate of drug-likeness (QED) is 0.577.